The van der Waals surface area contributed by atoms with Crippen molar-refractivity contribution in [1.29, 1.82) is 0 Å². The Morgan fingerprint density at radius 2 is 1.97 bits per heavy atom. The number of aryl methyl sites for hydroxylation is 3. The highest BCUT2D eigenvalue weighted by molar-refractivity contribution is 5.85. The van der Waals surface area contributed by atoms with Gasteiger partial charge in [-0.25, -0.2) is 0 Å². The zero-order valence-electron chi connectivity index (χ0n) is 17.4. The molecule has 0 atom stereocenters. The topological polar surface area (TPSA) is 88.5 Å². The summed E-state index contributed by atoms with van der Waals surface area (Å²) in [6, 6.07) is 9.84. The fourth-order valence-electron chi connectivity index (χ4n) is 3.97. The van der Waals surface area contributed by atoms with Crippen molar-refractivity contribution in [2.24, 2.45) is 7.05 Å². The minimum Gasteiger partial charge on any atom is -0.323 e. The fourth-order valence-corrected chi connectivity index (χ4v) is 3.97. The van der Waals surface area contributed by atoms with Gasteiger partial charge in [-0.1, -0.05) is 12.5 Å². The summed E-state index contributed by atoms with van der Waals surface area (Å²) in [7, 11) is 1.81. The van der Waals surface area contributed by atoms with Crippen LogP contribution in [0.4, 0.5) is 11.6 Å². The number of benzene rings is 1. The smallest absolute Gasteiger partial charge is 0.258 e. The van der Waals surface area contributed by atoms with Crippen LogP contribution >= 0.6 is 0 Å². The summed E-state index contributed by atoms with van der Waals surface area (Å²) in [6.45, 7) is 3.94. The zero-order chi connectivity index (χ0) is 20.8. The number of hydrogen-bond acceptors (Lipinski definition) is 5. The van der Waals surface area contributed by atoms with E-state index in [1.54, 1.807) is 11.6 Å². The summed E-state index contributed by atoms with van der Waals surface area (Å²) in [5, 5.41) is 11.5. The number of aromatic nitrogens is 5. The van der Waals surface area contributed by atoms with Gasteiger partial charge in [0, 0.05) is 41.5 Å². The molecule has 1 aromatic carbocycles. The molecule has 1 aliphatic rings. The highest BCUT2D eigenvalue weighted by atomic mass is 16.1. The van der Waals surface area contributed by atoms with E-state index >= 15 is 0 Å². The first kappa shape index (κ1) is 18.5. The standard InChI is InChI=1S/C23H24N6O/c1-13-7-8-17(25-23-26-21(27-28-23)15-5-4-6-15)11-18(13)19-10-16-12-24-14(2)9-20(16)29(3)22(19)30/h7-12,15H,4-6H2,1-3H3,(H2,25,26,27,28). The van der Waals surface area contributed by atoms with Crippen LogP contribution in [-0.4, -0.2) is 24.7 Å². The van der Waals surface area contributed by atoms with E-state index in [1.165, 1.54) is 19.3 Å². The number of anilines is 2. The molecule has 0 unspecified atom stereocenters. The molecule has 0 spiro atoms. The summed E-state index contributed by atoms with van der Waals surface area (Å²) >= 11 is 0. The van der Waals surface area contributed by atoms with Crippen LogP contribution in [0.3, 0.4) is 0 Å². The van der Waals surface area contributed by atoms with Crippen LogP contribution in [-0.2, 0) is 7.05 Å². The Morgan fingerprint density at radius 1 is 1.13 bits per heavy atom. The normalized spacial score (nSPS) is 14.1. The molecule has 1 saturated carbocycles. The summed E-state index contributed by atoms with van der Waals surface area (Å²) in [5.74, 6) is 2.00. The molecule has 1 aliphatic carbocycles. The number of nitrogens with one attached hydrogen (secondary N) is 2. The number of hydrogen-bond donors (Lipinski definition) is 2. The molecule has 152 valence electrons. The Balaban J connectivity index is 1.53. The molecule has 4 aromatic rings. The van der Waals surface area contributed by atoms with E-state index in [1.807, 2.05) is 50.4 Å². The van der Waals surface area contributed by atoms with E-state index < -0.39 is 0 Å². The van der Waals surface area contributed by atoms with Crippen molar-refractivity contribution >= 4 is 22.5 Å². The zero-order valence-corrected chi connectivity index (χ0v) is 17.4. The molecule has 30 heavy (non-hydrogen) atoms. The van der Waals surface area contributed by atoms with Crippen molar-refractivity contribution in [1.82, 2.24) is 24.7 Å². The van der Waals surface area contributed by atoms with E-state index in [0.29, 0.717) is 17.4 Å². The van der Waals surface area contributed by atoms with Crippen LogP contribution in [0.15, 0.2) is 41.3 Å². The number of aromatic amines is 1. The first-order chi connectivity index (χ1) is 14.5. The third-order valence-electron chi connectivity index (χ3n) is 6.02. The lowest BCUT2D eigenvalue weighted by molar-refractivity contribution is 0.402. The van der Waals surface area contributed by atoms with Gasteiger partial charge in [0.05, 0.1) is 5.52 Å². The maximum absolute atomic E-state index is 13.1. The quantitative estimate of drug-likeness (QED) is 0.532. The van der Waals surface area contributed by atoms with Crippen LogP contribution in [0.5, 0.6) is 0 Å². The molecule has 3 heterocycles. The van der Waals surface area contributed by atoms with Crippen molar-refractivity contribution in [2.75, 3.05) is 5.32 Å². The number of nitrogens with zero attached hydrogens (tertiary/aromatic N) is 4. The molecule has 1 fully saturated rings. The largest absolute Gasteiger partial charge is 0.323 e. The lowest BCUT2D eigenvalue weighted by atomic mass is 9.85. The molecule has 7 heteroatoms. The summed E-state index contributed by atoms with van der Waals surface area (Å²) in [4.78, 5) is 22.1. The second-order valence-electron chi connectivity index (χ2n) is 8.13. The molecule has 0 amide bonds. The van der Waals surface area contributed by atoms with Gasteiger partial charge in [-0.05, 0) is 62.1 Å². The van der Waals surface area contributed by atoms with Gasteiger partial charge in [0.25, 0.3) is 5.56 Å². The van der Waals surface area contributed by atoms with Crippen molar-refractivity contribution in [2.45, 2.75) is 39.0 Å². The SMILES string of the molecule is Cc1cc2c(cn1)cc(-c1cc(Nc3n[nH]c(C4CCC4)n3)ccc1C)c(=O)n2C. The van der Waals surface area contributed by atoms with Crippen molar-refractivity contribution in [3.63, 3.8) is 0 Å². The molecule has 0 saturated heterocycles. The first-order valence-electron chi connectivity index (χ1n) is 10.3. The highest BCUT2D eigenvalue weighted by Crippen LogP contribution is 2.35. The second kappa shape index (κ2) is 7.09. The van der Waals surface area contributed by atoms with E-state index in [2.05, 4.69) is 25.5 Å². The number of pyridine rings is 2. The molecule has 5 rings (SSSR count). The maximum atomic E-state index is 13.1. The minimum absolute atomic E-state index is 0.0292. The monoisotopic (exact) mass is 400 g/mol. The Morgan fingerprint density at radius 3 is 2.73 bits per heavy atom. The summed E-state index contributed by atoms with van der Waals surface area (Å²) < 4.78 is 1.69. The molecule has 2 N–H and O–H groups in total. The average molecular weight is 400 g/mol. The van der Waals surface area contributed by atoms with Crippen molar-refractivity contribution < 1.29 is 0 Å². The fraction of sp³-hybridized carbons (Fsp3) is 0.304. The third-order valence-corrected chi connectivity index (χ3v) is 6.02. The molecule has 7 nitrogen and oxygen atoms in total. The van der Waals surface area contributed by atoms with Gasteiger partial charge >= 0.3 is 0 Å². The molecule has 0 bridgehead atoms. The van der Waals surface area contributed by atoms with E-state index in [0.717, 1.165) is 39.2 Å². The molecule has 3 aromatic heterocycles. The van der Waals surface area contributed by atoms with Gasteiger partial charge in [0.2, 0.25) is 5.95 Å². The molecule has 0 radical (unpaired) electrons. The second-order valence-corrected chi connectivity index (χ2v) is 8.13. The van der Waals surface area contributed by atoms with Gasteiger partial charge < -0.3 is 9.88 Å². The van der Waals surface area contributed by atoms with Gasteiger partial charge in [-0.3, -0.25) is 14.9 Å². The predicted octanol–water partition coefficient (Wildman–Crippen LogP) is 4.35. The van der Waals surface area contributed by atoms with E-state index in [9.17, 15) is 4.79 Å². The maximum Gasteiger partial charge on any atom is 0.258 e. The van der Waals surface area contributed by atoms with Gasteiger partial charge in [-0.2, -0.15) is 4.98 Å². The first-order valence-corrected chi connectivity index (χ1v) is 10.3. The summed E-state index contributed by atoms with van der Waals surface area (Å²) in [6.07, 6.45) is 5.41. The Bertz CT molecular complexity index is 1320. The van der Waals surface area contributed by atoms with Gasteiger partial charge in [-0.15, -0.1) is 5.10 Å². The third kappa shape index (κ3) is 3.16. The molecule has 0 aliphatic heterocycles. The van der Waals surface area contributed by atoms with Crippen LogP contribution in [0, 0.1) is 13.8 Å². The average Bonchev–Trinajstić information content (AvgIpc) is 3.13. The van der Waals surface area contributed by atoms with E-state index in [-0.39, 0.29) is 5.56 Å². The number of H-pyrrole nitrogens is 1. The van der Waals surface area contributed by atoms with Crippen LogP contribution in [0.2, 0.25) is 0 Å². The van der Waals surface area contributed by atoms with Gasteiger partial charge in [0.1, 0.15) is 5.82 Å². The molecular formula is C23H24N6O. The van der Waals surface area contributed by atoms with Crippen molar-refractivity contribution in [3.05, 3.63) is 64.0 Å². The Hall–Kier alpha value is -3.48. The van der Waals surface area contributed by atoms with Crippen LogP contribution < -0.4 is 10.9 Å². The Labute approximate surface area is 174 Å². The van der Waals surface area contributed by atoms with Crippen LogP contribution in [0.1, 0.15) is 42.3 Å². The van der Waals surface area contributed by atoms with Gasteiger partial charge in [0.15, 0.2) is 0 Å². The summed E-state index contributed by atoms with van der Waals surface area (Å²) in [5.41, 5.74) is 5.16. The van der Waals surface area contributed by atoms with E-state index in [4.69, 9.17) is 0 Å². The number of rotatable bonds is 4. The Kier molecular flexibility index (Phi) is 4.38. The highest BCUT2D eigenvalue weighted by Gasteiger charge is 2.23. The van der Waals surface area contributed by atoms with Crippen molar-refractivity contribution in [3.8, 4) is 11.1 Å². The van der Waals surface area contributed by atoms with Crippen LogP contribution in [0.25, 0.3) is 22.0 Å². The minimum atomic E-state index is -0.0292. The number of fused-ring (bicyclic) bond motifs is 1. The lowest BCUT2D eigenvalue weighted by Gasteiger charge is -2.22. The lowest BCUT2D eigenvalue weighted by Crippen LogP contribution is -2.19. The predicted molar refractivity (Wildman–Crippen MR) is 118 cm³/mol. The molecular weight excluding hydrogens is 376 g/mol.